The molecule has 0 aromatic heterocycles. The van der Waals surface area contributed by atoms with Gasteiger partial charge in [-0.15, -0.1) is 0 Å². The number of thiocarbonyl (C=S) groups is 1. The van der Waals surface area contributed by atoms with E-state index in [9.17, 15) is 0 Å². The number of benzene rings is 2. The van der Waals surface area contributed by atoms with Crippen molar-refractivity contribution in [1.82, 2.24) is 5.32 Å². The van der Waals surface area contributed by atoms with Crippen LogP contribution in [-0.2, 0) is 0 Å². The zero-order chi connectivity index (χ0) is 17.6. The lowest BCUT2D eigenvalue weighted by atomic mass is 10.1. The lowest BCUT2D eigenvalue weighted by Gasteiger charge is -2.29. The van der Waals surface area contributed by atoms with Crippen LogP contribution in [0.2, 0.25) is 0 Å². The van der Waals surface area contributed by atoms with Gasteiger partial charge >= 0.3 is 0 Å². The van der Waals surface area contributed by atoms with E-state index in [0.717, 1.165) is 5.69 Å². The number of rotatable bonds is 4. The van der Waals surface area contributed by atoms with Crippen molar-refractivity contribution in [3.63, 3.8) is 0 Å². The molecule has 0 amide bonds. The van der Waals surface area contributed by atoms with Crippen molar-refractivity contribution < 1.29 is 0 Å². The third-order valence-electron chi connectivity index (χ3n) is 4.74. The highest BCUT2D eigenvalue weighted by Crippen LogP contribution is 2.22. The average Bonchev–Trinajstić information content (AvgIpc) is 2.62. The van der Waals surface area contributed by atoms with Crippen molar-refractivity contribution in [2.45, 2.75) is 39.2 Å². The second-order valence-electron chi connectivity index (χ2n) is 6.83. The number of nitrogens with zero attached hydrogens (tertiary/aromatic N) is 1. The molecule has 1 atom stereocenters. The molecule has 4 heteroatoms. The van der Waals surface area contributed by atoms with Gasteiger partial charge in [-0.1, -0.05) is 24.3 Å². The molecule has 0 spiro atoms. The highest BCUT2D eigenvalue weighted by molar-refractivity contribution is 7.80. The topological polar surface area (TPSA) is 27.3 Å². The van der Waals surface area contributed by atoms with Gasteiger partial charge in [0.05, 0.1) is 6.04 Å². The average molecular weight is 354 g/mol. The van der Waals surface area contributed by atoms with Crippen molar-refractivity contribution in [2.24, 2.45) is 0 Å². The fourth-order valence-electron chi connectivity index (χ4n) is 3.30. The smallest absolute Gasteiger partial charge is 0.171 e. The Labute approximate surface area is 156 Å². The Balaban J connectivity index is 1.57. The van der Waals surface area contributed by atoms with Gasteiger partial charge in [-0.05, 0) is 80.7 Å². The monoisotopic (exact) mass is 353 g/mol. The summed E-state index contributed by atoms with van der Waals surface area (Å²) in [6.07, 6.45) is 3.97. The van der Waals surface area contributed by atoms with Gasteiger partial charge in [0.1, 0.15) is 0 Å². The van der Waals surface area contributed by atoms with E-state index in [1.54, 1.807) is 0 Å². The Kier molecular flexibility index (Phi) is 5.92. The van der Waals surface area contributed by atoms with Crippen molar-refractivity contribution in [1.29, 1.82) is 0 Å². The van der Waals surface area contributed by atoms with Crippen molar-refractivity contribution in [3.8, 4) is 0 Å². The highest BCUT2D eigenvalue weighted by atomic mass is 32.1. The van der Waals surface area contributed by atoms with E-state index in [1.807, 2.05) is 12.1 Å². The molecular weight excluding hydrogens is 326 g/mol. The van der Waals surface area contributed by atoms with E-state index in [4.69, 9.17) is 12.2 Å². The second kappa shape index (κ2) is 8.34. The summed E-state index contributed by atoms with van der Waals surface area (Å²) in [6, 6.07) is 17.3. The van der Waals surface area contributed by atoms with Gasteiger partial charge in [-0.25, -0.2) is 0 Å². The van der Waals surface area contributed by atoms with Crippen LogP contribution in [0.5, 0.6) is 0 Å². The lowest BCUT2D eigenvalue weighted by molar-refractivity contribution is 0.577. The highest BCUT2D eigenvalue weighted by Gasteiger charge is 2.12. The Morgan fingerprint density at radius 1 is 1.04 bits per heavy atom. The zero-order valence-corrected chi connectivity index (χ0v) is 15.9. The van der Waals surface area contributed by atoms with Crippen LogP contribution in [0.4, 0.5) is 11.4 Å². The first-order valence-corrected chi connectivity index (χ1v) is 9.52. The van der Waals surface area contributed by atoms with E-state index in [1.165, 1.54) is 49.2 Å². The maximum absolute atomic E-state index is 5.45. The first kappa shape index (κ1) is 17.7. The molecule has 2 N–H and O–H groups in total. The summed E-state index contributed by atoms with van der Waals surface area (Å²) < 4.78 is 0. The maximum atomic E-state index is 5.45. The molecule has 132 valence electrons. The van der Waals surface area contributed by atoms with E-state index < -0.39 is 0 Å². The normalized spacial score (nSPS) is 15.5. The predicted molar refractivity (Wildman–Crippen MR) is 111 cm³/mol. The van der Waals surface area contributed by atoms with Gasteiger partial charge in [-0.2, -0.15) is 0 Å². The van der Waals surface area contributed by atoms with Crippen molar-refractivity contribution in [3.05, 3.63) is 59.7 Å². The fourth-order valence-corrected chi connectivity index (χ4v) is 3.59. The first-order chi connectivity index (χ1) is 12.1. The molecule has 0 radical (unpaired) electrons. The number of piperidine rings is 1. The van der Waals surface area contributed by atoms with E-state index in [-0.39, 0.29) is 6.04 Å². The molecule has 1 heterocycles. The van der Waals surface area contributed by atoms with Gasteiger partial charge in [0.2, 0.25) is 0 Å². The summed E-state index contributed by atoms with van der Waals surface area (Å²) in [5.74, 6) is 0. The van der Waals surface area contributed by atoms with Crippen LogP contribution in [0, 0.1) is 6.92 Å². The van der Waals surface area contributed by atoms with E-state index in [2.05, 4.69) is 65.8 Å². The van der Waals surface area contributed by atoms with Crippen molar-refractivity contribution in [2.75, 3.05) is 23.3 Å². The van der Waals surface area contributed by atoms with Crippen LogP contribution in [0.3, 0.4) is 0 Å². The van der Waals surface area contributed by atoms with Gasteiger partial charge in [0.15, 0.2) is 5.11 Å². The largest absolute Gasteiger partial charge is 0.372 e. The zero-order valence-electron chi connectivity index (χ0n) is 15.1. The summed E-state index contributed by atoms with van der Waals surface area (Å²) in [5.41, 5.74) is 4.81. The molecule has 1 unspecified atom stereocenters. The van der Waals surface area contributed by atoms with Crippen LogP contribution in [-0.4, -0.2) is 18.2 Å². The molecule has 0 aliphatic carbocycles. The summed E-state index contributed by atoms with van der Waals surface area (Å²) in [4.78, 5) is 2.48. The van der Waals surface area contributed by atoms with Crippen LogP contribution in [0.1, 0.15) is 43.4 Å². The number of hydrogen-bond acceptors (Lipinski definition) is 2. The molecule has 0 bridgehead atoms. The minimum absolute atomic E-state index is 0.167. The molecular formula is C21H27N3S. The molecule has 1 aliphatic rings. The number of hydrogen-bond donors (Lipinski definition) is 2. The fraction of sp³-hybridized carbons (Fsp3) is 0.381. The van der Waals surface area contributed by atoms with Crippen LogP contribution < -0.4 is 15.5 Å². The molecule has 3 nitrogen and oxygen atoms in total. The molecule has 0 saturated carbocycles. The third kappa shape index (κ3) is 4.95. The molecule has 1 fully saturated rings. The maximum Gasteiger partial charge on any atom is 0.171 e. The van der Waals surface area contributed by atoms with E-state index in [0.29, 0.717) is 5.11 Å². The lowest BCUT2D eigenvalue weighted by Crippen LogP contribution is -2.31. The summed E-state index contributed by atoms with van der Waals surface area (Å²) in [7, 11) is 0. The molecule has 1 saturated heterocycles. The summed E-state index contributed by atoms with van der Waals surface area (Å²) in [5, 5.41) is 7.28. The molecule has 2 aromatic carbocycles. The molecule has 1 aliphatic heterocycles. The van der Waals surface area contributed by atoms with Gasteiger partial charge in [-0.3, -0.25) is 0 Å². The molecule has 25 heavy (non-hydrogen) atoms. The standard InChI is InChI=1S/C21H27N3S/c1-16-7-6-8-19(15-16)23-21(25)22-17(2)18-9-11-20(12-10-18)24-13-4-3-5-14-24/h6-12,15,17H,3-5,13-14H2,1-2H3,(H2,22,23,25). The van der Waals surface area contributed by atoms with Crippen LogP contribution in [0.15, 0.2) is 48.5 Å². The van der Waals surface area contributed by atoms with Crippen LogP contribution in [0.25, 0.3) is 0 Å². The Hall–Kier alpha value is -2.07. The summed E-state index contributed by atoms with van der Waals surface area (Å²) in [6.45, 7) is 6.57. The minimum atomic E-state index is 0.167. The summed E-state index contributed by atoms with van der Waals surface area (Å²) >= 11 is 5.45. The van der Waals surface area contributed by atoms with Gasteiger partial charge in [0, 0.05) is 24.5 Å². The van der Waals surface area contributed by atoms with E-state index >= 15 is 0 Å². The quantitative estimate of drug-likeness (QED) is 0.754. The Bertz CT molecular complexity index is 705. The molecule has 3 rings (SSSR count). The van der Waals surface area contributed by atoms with Gasteiger partial charge in [0.25, 0.3) is 0 Å². The SMILES string of the molecule is Cc1cccc(NC(=S)NC(C)c2ccc(N3CCCCC3)cc2)c1. The number of anilines is 2. The van der Waals surface area contributed by atoms with Gasteiger partial charge < -0.3 is 15.5 Å². The Morgan fingerprint density at radius 2 is 1.76 bits per heavy atom. The number of nitrogens with one attached hydrogen (secondary N) is 2. The second-order valence-corrected chi connectivity index (χ2v) is 7.24. The van der Waals surface area contributed by atoms with Crippen molar-refractivity contribution >= 4 is 28.7 Å². The molecule has 2 aromatic rings. The van der Waals surface area contributed by atoms with Crippen LogP contribution >= 0.6 is 12.2 Å². The minimum Gasteiger partial charge on any atom is -0.372 e. The first-order valence-electron chi connectivity index (χ1n) is 9.11. The third-order valence-corrected chi connectivity index (χ3v) is 4.96. The predicted octanol–water partition coefficient (Wildman–Crippen LogP) is 5.03. The Morgan fingerprint density at radius 3 is 2.44 bits per heavy atom. The number of aryl methyl sites for hydroxylation is 1.